The first-order valence-electron chi connectivity index (χ1n) is 9.84. The Morgan fingerprint density at radius 3 is 1.45 bits per heavy atom. The molecule has 0 saturated heterocycles. The number of hydrogen-bond acceptors (Lipinski definition) is 5. The molecule has 0 unspecified atom stereocenters. The lowest BCUT2D eigenvalue weighted by atomic mass is 9.77. The Kier molecular flexibility index (Phi) is 4.12. The number of fused-ring (bicyclic) bond motifs is 2. The minimum atomic E-state index is -0.385. The maximum Gasteiger partial charge on any atom is 0.198 e. The second kappa shape index (κ2) is 6.85. The maximum absolute atomic E-state index is 13.5. The van der Waals surface area contributed by atoms with Gasteiger partial charge in [-0.3, -0.25) is 9.59 Å². The van der Waals surface area contributed by atoms with Crippen molar-refractivity contribution in [2.75, 3.05) is 17.2 Å². The van der Waals surface area contributed by atoms with Gasteiger partial charge in [0.2, 0.25) is 0 Å². The lowest BCUT2D eigenvalue weighted by Gasteiger charge is -2.26. The molecule has 6 N–H and O–H groups in total. The molecule has 1 aliphatic carbocycles. The Bertz CT molecular complexity index is 1380. The van der Waals surface area contributed by atoms with Crippen LogP contribution in [0.3, 0.4) is 0 Å². The largest absolute Gasteiger partial charge is 0.398 e. The van der Waals surface area contributed by atoms with Crippen molar-refractivity contribution in [2.45, 2.75) is 0 Å². The number of carbonyl (C=O) groups is 2. The van der Waals surface area contributed by atoms with Gasteiger partial charge in [-0.2, -0.15) is 0 Å². The molecule has 1 aliphatic rings. The van der Waals surface area contributed by atoms with Gasteiger partial charge in [0, 0.05) is 22.4 Å². The van der Waals surface area contributed by atoms with E-state index in [4.69, 9.17) is 17.2 Å². The monoisotopic (exact) mass is 405 g/mol. The first-order valence-corrected chi connectivity index (χ1v) is 9.84. The van der Waals surface area contributed by atoms with E-state index in [9.17, 15) is 9.59 Å². The molecule has 0 aromatic heterocycles. The van der Waals surface area contributed by atoms with Crippen LogP contribution in [0.1, 0.15) is 31.8 Å². The second-order valence-electron chi connectivity index (χ2n) is 7.49. The van der Waals surface area contributed by atoms with E-state index in [0.717, 1.165) is 11.1 Å². The summed E-state index contributed by atoms with van der Waals surface area (Å²) >= 11 is 0. The van der Waals surface area contributed by atoms with E-state index in [1.165, 1.54) is 0 Å². The van der Waals surface area contributed by atoms with E-state index in [2.05, 4.69) is 0 Å². The summed E-state index contributed by atoms with van der Waals surface area (Å²) in [4.78, 5) is 27.0. The van der Waals surface area contributed by atoms with Gasteiger partial charge in [-0.1, -0.05) is 72.8 Å². The van der Waals surface area contributed by atoms with E-state index >= 15 is 0 Å². The first-order chi connectivity index (χ1) is 15.0. The number of anilines is 3. The van der Waals surface area contributed by atoms with Crippen LogP contribution < -0.4 is 17.2 Å². The Balaban J connectivity index is 1.94. The molecule has 0 fully saturated rings. The van der Waals surface area contributed by atoms with Crippen LogP contribution in [0.25, 0.3) is 22.3 Å². The third-order valence-electron chi connectivity index (χ3n) is 5.72. The molecule has 5 nitrogen and oxygen atoms in total. The van der Waals surface area contributed by atoms with Crippen LogP contribution in [0.2, 0.25) is 0 Å². The molecule has 0 radical (unpaired) electrons. The van der Waals surface area contributed by atoms with Crippen LogP contribution >= 0.6 is 0 Å². The molecule has 31 heavy (non-hydrogen) atoms. The normalized spacial score (nSPS) is 12.4. The highest BCUT2D eigenvalue weighted by molar-refractivity contribution is 6.35. The Morgan fingerprint density at radius 1 is 0.452 bits per heavy atom. The second-order valence-corrected chi connectivity index (χ2v) is 7.49. The molecule has 5 heteroatoms. The zero-order valence-electron chi connectivity index (χ0n) is 16.6. The number of rotatable bonds is 2. The molecule has 0 aliphatic heterocycles. The van der Waals surface area contributed by atoms with E-state index in [-0.39, 0.29) is 50.9 Å². The molecular weight excluding hydrogens is 386 g/mol. The van der Waals surface area contributed by atoms with Gasteiger partial charge in [0.15, 0.2) is 11.6 Å². The van der Waals surface area contributed by atoms with Crippen molar-refractivity contribution in [3.63, 3.8) is 0 Å². The highest BCUT2D eigenvalue weighted by atomic mass is 16.1. The molecule has 0 spiro atoms. The topological polar surface area (TPSA) is 112 Å². The molecular formula is C26H19N3O2. The average Bonchev–Trinajstić information content (AvgIpc) is 2.79. The molecule has 4 aromatic carbocycles. The minimum Gasteiger partial charge on any atom is -0.398 e. The van der Waals surface area contributed by atoms with Gasteiger partial charge in [-0.15, -0.1) is 0 Å². The third-order valence-corrected chi connectivity index (χ3v) is 5.72. The van der Waals surface area contributed by atoms with E-state index < -0.39 is 0 Å². The van der Waals surface area contributed by atoms with Crippen molar-refractivity contribution in [3.8, 4) is 22.3 Å². The standard InChI is InChI=1S/C26H19N3O2/c27-17-13-7-12-16-20(17)26(31)22-21(25(16)30)23(28)18(14-8-3-1-4-9-14)19(24(22)29)15-10-5-2-6-11-15/h1-13H,27-29H2. The summed E-state index contributed by atoms with van der Waals surface area (Å²) in [6, 6.07) is 23.8. The van der Waals surface area contributed by atoms with Crippen LogP contribution in [0.5, 0.6) is 0 Å². The number of nitrogen functional groups attached to an aromatic ring is 3. The number of ketones is 2. The third kappa shape index (κ3) is 2.64. The summed E-state index contributed by atoms with van der Waals surface area (Å²) in [6.45, 7) is 0. The summed E-state index contributed by atoms with van der Waals surface area (Å²) in [7, 11) is 0. The molecule has 150 valence electrons. The average molecular weight is 405 g/mol. The summed E-state index contributed by atoms with van der Waals surface area (Å²) in [5.74, 6) is -0.735. The molecule has 4 aromatic rings. The maximum atomic E-state index is 13.5. The molecule has 0 atom stereocenters. The van der Waals surface area contributed by atoms with Crippen LogP contribution in [0.15, 0.2) is 78.9 Å². The van der Waals surface area contributed by atoms with Crippen LogP contribution in [-0.2, 0) is 0 Å². The van der Waals surface area contributed by atoms with Gasteiger partial charge < -0.3 is 17.2 Å². The van der Waals surface area contributed by atoms with Gasteiger partial charge >= 0.3 is 0 Å². The van der Waals surface area contributed by atoms with Crippen molar-refractivity contribution in [3.05, 3.63) is 101 Å². The zero-order chi connectivity index (χ0) is 21.7. The summed E-state index contributed by atoms with van der Waals surface area (Å²) in [5, 5.41) is 0. The fourth-order valence-corrected chi connectivity index (χ4v) is 4.34. The number of carbonyl (C=O) groups excluding carboxylic acids is 2. The fourth-order valence-electron chi connectivity index (χ4n) is 4.34. The SMILES string of the molecule is Nc1cccc2c1C(=O)c1c(N)c(-c3ccccc3)c(-c3ccccc3)c(N)c1C2=O. The number of hydrogen-bond donors (Lipinski definition) is 3. The molecule has 5 rings (SSSR count). The van der Waals surface area contributed by atoms with E-state index in [1.807, 2.05) is 60.7 Å². The fraction of sp³-hybridized carbons (Fsp3) is 0. The number of benzene rings is 4. The van der Waals surface area contributed by atoms with Crippen LogP contribution in [-0.4, -0.2) is 11.6 Å². The van der Waals surface area contributed by atoms with E-state index in [1.54, 1.807) is 18.2 Å². The van der Waals surface area contributed by atoms with Gasteiger partial charge in [0.05, 0.1) is 28.1 Å². The zero-order valence-corrected chi connectivity index (χ0v) is 16.6. The Hall–Kier alpha value is -4.38. The lowest BCUT2D eigenvalue weighted by Crippen LogP contribution is -2.26. The van der Waals surface area contributed by atoms with Crippen LogP contribution in [0.4, 0.5) is 17.1 Å². The highest BCUT2D eigenvalue weighted by Crippen LogP contribution is 2.48. The highest BCUT2D eigenvalue weighted by Gasteiger charge is 2.37. The summed E-state index contributed by atoms with van der Waals surface area (Å²) in [5.41, 5.74) is 23.6. The van der Waals surface area contributed by atoms with Crippen molar-refractivity contribution >= 4 is 28.6 Å². The smallest absolute Gasteiger partial charge is 0.198 e. The summed E-state index contributed by atoms with van der Waals surface area (Å²) in [6.07, 6.45) is 0. The lowest BCUT2D eigenvalue weighted by molar-refractivity contribution is 0.0981. The van der Waals surface area contributed by atoms with Gasteiger partial charge in [-0.25, -0.2) is 0 Å². The minimum absolute atomic E-state index is 0.117. The first kappa shape index (κ1) is 18.6. The Labute approximate surface area is 179 Å². The van der Waals surface area contributed by atoms with Gasteiger partial charge in [-0.05, 0) is 17.2 Å². The molecule has 0 heterocycles. The molecule has 0 bridgehead atoms. The predicted molar refractivity (Wildman–Crippen MR) is 124 cm³/mol. The Morgan fingerprint density at radius 2 is 0.935 bits per heavy atom. The van der Waals surface area contributed by atoms with Gasteiger partial charge in [0.1, 0.15) is 0 Å². The molecule has 0 amide bonds. The van der Waals surface area contributed by atoms with E-state index in [0.29, 0.717) is 11.1 Å². The quantitative estimate of drug-likeness (QED) is 0.373. The number of nitrogens with two attached hydrogens (primary N) is 3. The molecule has 0 saturated carbocycles. The predicted octanol–water partition coefficient (Wildman–Crippen LogP) is 4.54. The van der Waals surface area contributed by atoms with Gasteiger partial charge in [0.25, 0.3) is 0 Å². The van der Waals surface area contributed by atoms with Crippen molar-refractivity contribution in [1.29, 1.82) is 0 Å². The van der Waals surface area contributed by atoms with Crippen molar-refractivity contribution in [1.82, 2.24) is 0 Å². The summed E-state index contributed by atoms with van der Waals surface area (Å²) < 4.78 is 0. The van der Waals surface area contributed by atoms with Crippen LogP contribution in [0, 0.1) is 0 Å². The van der Waals surface area contributed by atoms with Crippen molar-refractivity contribution in [2.24, 2.45) is 0 Å². The van der Waals surface area contributed by atoms with Crippen molar-refractivity contribution < 1.29 is 9.59 Å².